The van der Waals surface area contributed by atoms with Crippen LogP contribution in [-0.4, -0.2) is 29.3 Å². The van der Waals surface area contributed by atoms with E-state index >= 15 is 0 Å². The van der Waals surface area contributed by atoms with Crippen molar-refractivity contribution in [2.75, 3.05) is 11.9 Å². The van der Waals surface area contributed by atoms with E-state index in [1.54, 1.807) is 0 Å². The molecule has 0 spiro atoms. The summed E-state index contributed by atoms with van der Waals surface area (Å²) in [5.74, 6) is -1.71. The average molecular weight is 378 g/mol. The standard InChI is InChI=1S/C21H28F2N2O2/c1-2-17-5-3-4-12-25(17)21(27)15-8-6-14(7-9-15)20(26)24-19-11-10-16(22)13-18(19)23/h10-11,13-15,17H,2-9,12H2,1H3,(H,24,26). The molecule has 1 saturated heterocycles. The van der Waals surface area contributed by atoms with Gasteiger partial charge in [0.1, 0.15) is 11.6 Å². The number of amides is 2. The van der Waals surface area contributed by atoms with Gasteiger partial charge in [-0.25, -0.2) is 8.78 Å². The van der Waals surface area contributed by atoms with Crippen molar-refractivity contribution in [3.05, 3.63) is 29.8 Å². The summed E-state index contributed by atoms with van der Waals surface area (Å²) < 4.78 is 26.7. The number of rotatable bonds is 4. The number of hydrogen-bond donors (Lipinski definition) is 1. The minimum Gasteiger partial charge on any atom is -0.339 e. The van der Waals surface area contributed by atoms with Gasteiger partial charge in [0, 0.05) is 30.5 Å². The summed E-state index contributed by atoms with van der Waals surface area (Å²) in [4.78, 5) is 27.4. The average Bonchev–Trinajstić information content (AvgIpc) is 2.69. The highest BCUT2D eigenvalue weighted by molar-refractivity contribution is 5.93. The van der Waals surface area contributed by atoms with Crippen LogP contribution in [0.15, 0.2) is 18.2 Å². The first-order valence-corrected chi connectivity index (χ1v) is 10.1. The van der Waals surface area contributed by atoms with E-state index < -0.39 is 11.6 Å². The lowest BCUT2D eigenvalue weighted by Crippen LogP contribution is -2.47. The van der Waals surface area contributed by atoms with Gasteiger partial charge in [-0.2, -0.15) is 0 Å². The third-order valence-corrected chi connectivity index (χ3v) is 6.02. The normalized spacial score (nSPS) is 25.9. The van der Waals surface area contributed by atoms with Crippen LogP contribution in [0.25, 0.3) is 0 Å². The Morgan fingerprint density at radius 1 is 1.07 bits per heavy atom. The van der Waals surface area contributed by atoms with Crippen LogP contribution in [-0.2, 0) is 9.59 Å². The number of hydrogen-bond acceptors (Lipinski definition) is 2. The number of benzene rings is 1. The van der Waals surface area contributed by atoms with Gasteiger partial charge in [0.15, 0.2) is 0 Å². The van der Waals surface area contributed by atoms with Crippen LogP contribution in [0, 0.1) is 23.5 Å². The van der Waals surface area contributed by atoms with Gasteiger partial charge in [-0.15, -0.1) is 0 Å². The highest BCUT2D eigenvalue weighted by atomic mass is 19.1. The molecule has 0 aromatic heterocycles. The minimum atomic E-state index is -0.775. The Kier molecular flexibility index (Phi) is 6.45. The van der Waals surface area contributed by atoms with Gasteiger partial charge in [0.05, 0.1) is 5.69 Å². The van der Waals surface area contributed by atoms with Gasteiger partial charge in [-0.3, -0.25) is 9.59 Å². The van der Waals surface area contributed by atoms with Gasteiger partial charge in [-0.1, -0.05) is 6.92 Å². The maximum atomic E-state index is 13.7. The molecule has 0 radical (unpaired) electrons. The van der Waals surface area contributed by atoms with Crippen molar-refractivity contribution in [2.45, 2.75) is 64.3 Å². The molecule has 1 aliphatic carbocycles. The zero-order chi connectivity index (χ0) is 19.4. The predicted molar refractivity (Wildman–Crippen MR) is 100 cm³/mol. The van der Waals surface area contributed by atoms with Crippen molar-refractivity contribution in [3.8, 4) is 0 Å². The van der Waals surface area contributed by atoms with Crippen LogP contribution in [0.3, 0.4) is 0 Å². The fraction of sp³-hybridized carbons (Fsp3) is 0.619. The first kappa shape index (κ1) is 19.8. The van der Waals surface area contributed by atoms with Gasteiger partial charge in [-0.05, 0) is 63.5 Å². The first-order chi connectivity index (χ1) is 13.0. The number of likely N-dealkylation sites (tertiary alicyclic amines) is 1. The molecule has 1 saturated carbocycles. The highest BCUT2D eigenvalue weighted by Crippen LogP contribution is 2.33. The molecule has 1 aromatic carbocycles. The van der Waals surface area contributed by atoms with Crippen molar-refractivity contribution in [1.29, 1.82) is 0 Å². The Hall–Kier alpha value is -1.98. The number of nitrogens with one attached hydrogen (secondary N) is 1. The van der Waals surface area contributed by atoms with E-state index in [9.17, 15) is 18.4 Å². The van der Waals surface area contributed by atoms with E-state index in [4.69, 9.17) is 0 Å². The number of nitrogens with zero attached hydrogens (tertiary/aromatic N) is 1. The van der Waals surface area contributed by atoms with Crippen molar-refractivity contribution in [3.63, 3.8) is 0 Å². The maximum absolute atomic E-state index is 13.7. The third kappa shape index (κ3) is 4.66. The summed E-state index contributed by atoms with van der Waals surface area (Å²) in [7, 11) is 0. The quantitative estimate of drug-likeness (QED) is 0.839. The zero-order valence-corrected chi connectivity index (χ0v) is 15.8. The molecule has 4 nitrogen and oxygen atoms in total. The number of carbonyl (C=O) groups is 2. The molecule has 1 aromatic rings. The lowest BCUT2D eigenvalue weighted by Gasteiger charge is -2.39. The monoisotopic (exact) mass is 378 g/mol. The molecule has 1 heterocycles. The second-order valence-electron chi connectivity index (χ2n) is 7.75. The maximum Gasteiger partial charge on any atom is 0.227 e. The molecule has 2 aliphatic rings. The lowest BCUT2D eigenvalue weighted by atomic mass is 9.80. The molecule has 1 N–H and O–H groups in total. The van der Waals surface area contributed by atoms with Crippen LogP contribution in [0.2, 0.25) is 0 Å². The van der Waals surface area contributed by atoms with Gasteiger partial charge >= 0.3 is 0 Å². The Labute approximate surface area is 159 Å². The number of halogens is 2. The Balaban J connectivity index is 1.53. The number of anilines is 1. The molecule has 1 unspecified atom stereocenters. The summed E-state index contributed by atoms with van der Waals surface area (Å²) in [6, 6.07) is 3.47. The molecule has 1 atom stereocenters. The minimum absolute atomic E-state index is 0.00120. The summed E-state index contributed by atoms with van der Waals surface area (Å²) in [5.41, 5.74) is -0.00120. The van der Waals surface area contributed by atoms with Gasteiger partial charge < -0.3 is 10.2 Å². The van der Waals surface area contributed by atoms with E-state index in [1.807, 2.05) is 0 Å². The van der Waals surface area contributed by atoms with Gasteiger partial charge in [0.2, 0.25) is 11.8 Å². The van der Waals surface area contributed by atoms with Crippen LogP contribution in [0.1, 0.15) is 58.3 Å². The summed E-state index contributed by atoms with van der Waals surface area (Å²) in [6.07, 6.45) is 6.96. The third-order valence-electron chi connectivity index (χ3n) is 6.02. The predicted octanol–water partition coefficient (Wildman–Crippen LogP) is 4.50. The molecular weight excluding hydrogens is 350 g/mol. The molecule has 2 amide bonds. The Morgan fingerprint density at radius 2 is 1.78 bits per heavy atom. The molecule has 3 rings (SSSR count). The summed E-state index contributed by atoms with van der Waals surface area (Å²) in [5, 5.41) is 2.55. The van der Waals surface area contributed by atoms with Crippen molar-refractivity contribution in [1.82, 2.24) is 4.90 Å². The van der Waals surface area contributed by atoms with E-state index in [0.717, 1.165) is 37.9 Å². The Morgan fingerprint density at radius 3 is 2.44 bits per heavy atom. The molecule has 27 heavy (non-hydrogen) atoms. The zero-order valence-electron chi connectivity index (χ0n) is 15.8. The topological polar surface area (TPSA) is 49.4 Å². The van der Waals surface area contributed by atoms with Crippen molar-refractivity contribution in [2.24, 2.45) is 11.8 Å². The summed E-state index contributed by atoms with van der Waals surface area (Å²) in [6.45, 7) is 2.98. The lowest BCUT2D eigenvalue weighted by molar-refractivity contribution is -0.141. The Bertz CT molecular complexity index is 687. The molecule has 6 heteroatoms. The van der Waals surface area contributed by atoms with Crippen molar-refractivity contribution >= 4 is 17.5 Å². The fourth-order valence-electron chi connectivity index (χ4n) is 4.38. The van der Waals surface area contributed by atoms with Gasteiger partial charge in [0.25, 0.3) is 0 Å². The highest BCUT2D eigenvalue weighted by Gasteiger charge is 2.35. The number of carbonyl (C=O) groups excluding carboxylic acids is 2. The van der Waals surface area contributed by atoms with Crippen LogP contribution in [0.5, 0.6) is 0 Å². The molecule has 148 valence electrons. The van der Waals surface area contributed by atoms with Crippen LogP contribution < -0.4 is 5.32 Å². The molecular formula is C21H28F2N2O2. The van der Waals surface area contributed by atoms with E-state index in [1.165, 1.54) is 12.5 Å². The second-order valence-corrected chi connectivity index (χ2v) is 7.75. The molecule has 0 bridgehead atoms. The molecule has 2 fully saturated rings. The van der Waals surface area contributed by atoms with Crippen LogP contribution in [0.4, 0.5) is 14.5 Å². The first-order valence-electron chi connectivity index (χ1n) is 10.1. The van der Waals surface area contributed by atoms with E-state index in [2.05, 4.69) is 17.1 Å². The summed E-state index contributed by atoms with van der Waals surface area (Å²) >= 11 is 0. The SMILES string of the molecule is CCC1CCCCN1C(=O)C1CCC(C(=O)Nc2ccc(F)cc2F)CC1. The smallest absolute Gasteiger partial charge is 0.227 e. The molecule has 1 aliphatic heterocycles. The van der Waals surface area contributed by atoms with Crippen molar-refractivity contribution < 1.29 is 18.4 Å². The fourth-order valence-corrected chi connectivity index (χ4v) is 4.38. The van der Waals surface area contributed by atoms with E-state index in [0.29, 0.717) is 31.7 Å². The van der Waals surface area contributed by atoms with Crippen LogP contribution >= 0.6 is 0 Å². The number of piperidine rings is 1. The second kappa shape index (κ2) is 8.81. The van der Waals surface area contributed by atoms with E-state index in [-0.39, 0.29) is 29.3 Å². The largest absolute Gasteiger partial charge is 0.339 e.